The normalized spacial score (nSPS) is 16.2. The number of amides is 4. The Morgan fingerprint density at radius 3 is 1.56 bits per heavy atom. The number of hydrogen-bond donors (Lipinski definition) is 0. The zero-order chi connectivity index (χ0) is 60.3. The van der Waals surface area contributed by atoms with Gasteiger partial charge < -0.3 is 37.9 Å². The van der Waals surface area contributed by atoms with Crippen molar-refractivity contribution in [3.8, 4) is 22.9 Å². The van der Waals surface area contributed by atoms with Crippen LogP contribution in [0.25, 0.3) is 45.7 Å². The van der Waals surface area contributed by atoms with Crippen molar-refractivity contribution in [1.29, 1.82) is 0 Å². The van der Waals surface area contributed by atoms with Crippen molar-refractivity contribution in [3.05, 3.63) is 215 Å². The van der Waals surface area contributed by atoms with E-state index in [0.29, 0.717) is 42.4 Å². The van der Waals surface area contributed by atoms with E-state index in [-0.39, 0.29) is 45.3 Å². The Kier molecular flexibility index (Phi) is 18.8. The van der Waals surface area contributed by atoms with Gasteiger partial charge in [0.25, 0.3) is 28.1 Å². The summed E-state index contributed by atoms with van der Waals surface area (Å²) in [7, 11) is 4.58. The number of rotatable bonds is 15. The molecule has 0 bridgehead atoms. The third kappa shape index (κ3) is 12.9. The van der Waals surface area contributed by atoms with Crippen LogP contribution in [0.15, 0.2) is 199 Å². The van der Waals surface area contributed by atoms with E-state index in [1.165, 1.54) is 54.4 Å². The summed E-state index contributed by atoms with van der Waals surface area (Å²) >= 11 is 10.2. The first-order chi connectivity index (χ1) is 41.9. The molecule has 0 unspecified atom stereocenters. The minimum absolute atomic E-state index is 0.0725. The van der Waals surface area contributed by atoms with Gasteiger partial charge in [0.1, 0.15) is 0 Å². The molecule has 4 aliphatic rings. The molecule has 3 aliphatic heterocycles. The summed E-state index contributed by atoms with van der Waals surface area (Å²) in [5.41, 5.74) is 10.2. The topological polar surface area (TPSA) is 142 Å². The average Bonchev–Trinajstić information content (AvgIpc) is 2.11. The first-order valence-corrected chi connectivity index (χ1v) is 29.1. The van der Waals surface area contributed by atoms with E-state index in [4.69, 9.17) is 52.9 Å². The lowest BCUT2D eigenvalue weighted by molar-refractivity contribution is -0.123. The van der Waals surface area contributed by atoms with E-state index in [1.54, 1.807) is 30.4 Å². The van der Waals surface area contributed by atoms with Gasteiger partial charge in [0.2, 0.25) is 5.75 Å². The molecule has 0 N–H and O–H groups in total. The van der Waals surface area contributed by atoms with Crippen molar-refractivity contribution in [3.63, 3.8) is 0 Å². The van der Waals surface area contributed by atoms with Gasteiger partial charge in [-0.2, -0.15) is 0 Å². The van der Waals surface area contributed by atoms with E-state index < -0.39 is 6.09 Å². The maximum absolute atomic E-state index is 12.8. The van der Waals surface area contributed by atoms with Crippen LogP contribution in [-0.4, -0.2) is 94.4 Å². The molecule has 3 saturated heterocycles. The van der Waals surface area contributed by atoms with Crippen LogP contribution in [0.5, 0.6) is 17.2 Å². The lowest BCUT2D eigenvalue weighted by Crippen LogP contribution is -2.30. The van der Waals surface area contributed by atoms with Crippen molar-refractivity contribution in [2.45, 2.75) is 46.0 Å². The van der Waals surface area contributed by atoms with Gasteiger partial charge in [-0.15, -0.1) is 0 Å². The number of ether oxygens (including phenoxy) is 6. The van der Waals surface area contributed by atoms with E-state index in [9.17, 15) is 19.2 Å². The quantitative estimate of drug-likeness (QED) is 0.0546. The highest BCUT2D eigenvalue weighted by atomic mass is 32.1. The van der Waals surface area contributed by atoms with Crippen LogP contribution >= 0.6 is 24.4 Å². The molecule has 0 atom stereocenters. The van der Waals surface area contributed by atoms with E-state index in [0.717, 1.165) is 74.9 Å². The molecule has 1 aromatic heterocycles. The number of hydrogen-bond acceptors (Lipinski definition) is 13. The Bertz CT molecular complexity index is 3930. The molecular formula is C69H63N5O10S2. The molecule has 0 saturated carbocycles. The lowest BCUT2D eigenvalue weighted by Gasteiger charge is -2.25. The SMILES string of the molecule is CCN1C(=O)/C(=C\c2cc(OC)c(OC)c(OC)c2)OC1=S.CCN1C(=O)/C(=C\c2ccc3c(c2)c2ccccc2n3-c2ccccc2)OC1=S.O=C1O/C(=C/c2ccc(N(c3ccccc3)c3ccccc3)cc2)C(=O)N1CCC1=CCCCC1. The van der Waals surface area contributed by atoms with Crippen LogP contribution in [-0.2, 0) is 28.6 Å². The number of likely N-dealkylation sites (N-methyl/N-ethyl adjacent to an activating group) is 2. The van der Waals surface area contributed by atoms with Crippen molar-refractivity contribution in [2.24, 2.45) is 0 Å². The van der Waals surface area contributed by atoms with Gasteiger partial charge in [-0.3, -0.25) is 24.2 Å². The highest BCUT2D eigenvalue weighted by Gasteiger charge is 2.37. The summed E-state index contributed by atoms with van der Waals surface area (Å²) in [5, 5.41) is 2.66. The molecule has 436 valence electrons. The minimum Gasteiger partial charge on any atom is -0.493 e. The van der Waals surface area contributed by atoms with Gasteiger partial charge in [0.15, 0.2) is 28.8 Å². The number of carbonyl (C=O) groups excluding carboxylic acids is 4. The number of imide groups is 1. The van der Waals surface area contributed by atoms with Gasteiger partial charge in [-0.1, -0.05) is 103 Å². The molecule has 12 rings (SSSR count). The Morgan fingerprint density at radius 2 is 1.01 bits per heavy atom. The number of aromatic nitrogens is 1. The second kappa shape index (κ2) is 27.3. The van der Waals surface area contributed by atoms with Crippen LogP contribution in [0, 0.1) is 0 Å². The van der Waals surface area contributed by atoms with Crippen LogP contribution in [0.2, 0.25) is 0 Å². The van der Waals surface area contributed by atoms with Gasteiger partial charge in [0.05, 0.1) is 32.4 Å². The fourth-order valence-electron chi connectivity index (χ4n) is 10.5. The molecule has 4 amide bonds. The summed E-state index contributed by atoms with van der Waals surface area (Å²) in [4.78, 5) is 56.0. The number of fused-ring (bicyclic) bond motifs is 3. The van der Waals surface area contributed by atoms with Gasteiger partial charge in [-0.05, 0) is 184 Å². The summed E-state index contributed by atoms with van der Waals surface area (Å²) in [6.45, 7) is 5.03. The molecule has 86 heavy (non-hydrogen) atoms. The summed E-state index contributed by atoms with van der Waals surface area (Å²) in [6.07, 6.45) is 11.9. The second-order valence-corrected chi connectivity index (χ2v) is 20.8. The number of thiocarbonyl (C=S) groups is 2. The van der Waals surface area contributed by atoms with Crippen LogP contribution in [0.3, 0.4) is 0 Å². The van der Waals surface area contributed by atoms with E-state index in [1.807, 2.05) is 105 Å². The molecule has 4 heterocycles. The predicted octanol–water partition coefficient (Wildman–Crippen LogP) is 14.9. The van der Waals surface area contributed by atoms with Gasteiger partial charge in [-0.25, -0.2) is 9.69 Å². The van der Waals surface area contributed by atoms with Crippen LogP contribution < -0.4 is 19.1 Å². The molecule has 0 radical (unpaired) electrons. The fraction of sp³-hybridized carbons (Fsp3) is 0.188. The van der Waals surface area contributed by atoms with Gasteiger partial charge >= 0.3 is 6.09 Å². The summed E-state index contributed by atoms with van der Waals surface area (Å²) in [5.74, 6) is 1.16. The molecule has 7 aromatic carbocycles. The predicted molar refractivity (Wildman–Crippen MR) is 343 cm³/mol. The van der Waals surface area contributed by atoms with Crippen molar-refractivity contribution >= 4 is 116 Å². The van der Waals surface area contributed by atoms with Gasteiger partial charge in [0, 0.05) is 53.2 Å². The highest BCUT2D eigenvalue weighted by molar-refractivity contribution is 7.80. The Morgan fingerprint density at radius 1 is 0.512 bits per heavy atom. The number of nitrogens with zero attached hydrogens (tertiary/aromatic N) is 5. The number of cyclic esters (lactones) is 1. The van der Waals surface area contributed by atoms with Crippen molar-refractivity contribution in [1.82, 2.24) is 19.3 Å². The maximum Gasteiger partial charge on any atom is 0.422 e. The molecule has 3 fully saturated rings. The zero-order valence-corrected chi connectivity index (χ0v) is 49.9. The monoisotopic (exact) mass is 1190 g/mol. The number of benzene rings is 7. The van der Waals surface area contributed by atoms with Crippen molar-refractivity contribution < 1.29 is 47.6 Å². The smallest absolute Gasteiger partial charge is 0.422 e. The second-order valence-electron chi connectivity index (χ2n) is 20.1. The van der Waals surface area contributed by atoms with E-state index in [2.05, 4.69) is 82.3 Å². The maximum atomic E-state index is 12.8. The first kappa shape index (κ1) is 59.3. The third-order valence-corrected chi connectivity index (χ3v) is 15.4. The first-order valence-electron chi connectivity index (χ1n) is 28.2. The Hall–Kier alpha value is -9.84. The molecular weight excluding hydrogens is 1120 g/mol. The molecule has 17 heteroatoms. The number of anilines is 3. The summed E-state index contributed by atoms with van der Waals surface area (Å²) < 4.78 is 34.2. The van der Waals surface area contributed by atoms with E-state index >= 15 is 0 Å². The zero-order valence-electron chi connectivity index (χ0n) is 48.3. The largest absolute Gasteiger partial charge is 0.493 e. The molecule has 15 nitrogen and oxygen atoms in total. The highest BCUT2D eigenvalue weighted by Crippen LogP contribution is 2.40. The number of para-hydroxylation sites is 4. The van der Waals surface area contributed by atoms with Crippen LogP contribution in [0.4, 0.5) is 21.9 Å². The lowest BCUT2D eigenvalue weighted by atomic mass is 9.97. The van der Waals surface area contributed by atoms with Crippen molar-refractivity contribution in [2.75, 3.05) is 45.9 Å². The average molecular weight is 1190 g/mol. The Balaban J connectivity index is 0.000000147. The number of methoxy groups -OCH3 is 3. The molecule has 0 spiro atoms. The third-order valence-electron chi connectivity index (χ3n) is 14.8. The van der Waals surface area contributed by atoms with Crippen LogP contribution in [0.1, 0.15) is 62.6 Å². The fourth-order valence-corrected chi connectivity index (χ4v) is 11.1. The molecule has 1 aliphatic carbocycles. The molecule has 8 aromatic rings. The Labute approximate surface area is 510 Å². The minimum atomic E-state index is -0.589. The summed E-state index contributed by atoms with van der Waals surface area (Å²) in [6, 6.07) is 56.5. The number of allylic oxidation sites excluding steroid dienone is 1. The number of carbonyl (C=O) groups is 4. The standard InChI is InChI=1S/C30H28N2O3.C24H18N2O2S.C15H17NO5S/c33-29-28(35-30(34)31(29)21-20-23-10-4-1-5-11-23)22-24-16-18-27(19-17-24)32(25-12-6-2-7-13-25)26-14-8-3-9-15-26;1-2-25-23(27)22(28-24(25)29)15-16-12-13-21-19(14-16)18-10-6-7-11-20(18)26(21)17-8-4-3-5-9-17;1-5-16-14(17)12(21-15(16)22)8-9-6-10(18-2)13(20-4)11(7-9)19-3/h2-3,6-10,12-19,22H,1,4-5,11,20-21H2;3-15H,2H2,1H3;6-8H,5H2,1-4H3/b28-22+;22-15+;12-8+.